The Hall–Kier alpha value is -2.29. The average molecular weight is 439 g/mol. The van der Waals surface area contributed by atoms with Crippen LogP contribution in [0.15, 0.2) is 24.4 Å². The van der Waals surface area contributed by atoms with Crippen molar-refractivity contribution in [3.63, 3.8) is 0 Å². The van der Waals surface area contributed by atoms with Crippen molar-refractivity contribution in [1.82, 2.24) is 19.8 Å². The molecule has 0 bridgehead atoms. The Bertz CT molecular complexity index is 864. The molecule has 0 aliphatic rings. The number of carbonyl (C=O) groups excluding carboxylic acids is 1. The van der Waals surface area contributed by atoms with Gasteiger partial charge in [0.05, 0.1) is 17.3 Å². The van der Waals surface area contributed by atoms with E-state index >= 15 is 0 Å². The molecule has 1 aromatic heterocycles. The minimum absolute atomic E-state index is 0.0343. The summed E-state index contributed by atoms with van der Waals surface area (Å²) in [6.07, 6.45) is 2.14. The molecular formula is C21H28ClFN4O3. The van der Waals surface area contributed by atoms with Crippen molar-refractivity contribution in [3.05, 3.63) is 40.8 Å². The Kier molecular flexibility index (Phi) is 8.95. The second kappa shape index (κ2) is 11.2. The number of benzene rings is 1. The fourth-order valence-corrected chi connectivity index (χ4v) is 2.70. The third-order valence-corrected chi connectivity index (χ3v) is 4.80. The number of ether oxygens (including phenoxy) is 2. The van der Waals surface area contributed by atoms with Crippen LogP contribution >= 0.6 is 11.6 Å². The molecule has 7 nitrogen and oxygen atoms in total. The largest absolute Gasteiger partial charge is 0.463 e. The van der Waals surface area contributed by atoms with Crippen LogP contribution in [0.2, 0.25) is 5.02 Å². The minimum atomic E-state index is -0.585. The summed E-state index contributed by atoms with van der Waals surface area (Å²) in [5, 5.41) is 0.128. The molecule has 1 aromatic carbocycles. The first-order chi connectivity index (χ1) is 14.2. The Morgan fingerprint density at radius 3 is 2.63 bits per heavy atom. The lowest BCUT2D eigenvalue weighted by atomic mass is 10.1. The molecule has 0 fully saturated rings. The maximum Gasteiger partial charge on any atom is 0.342 e. The number of likely N-dealkylation sites (N-methyl/N-ethyl adjacent to an activating group) is 1. The van der Waals surface area contributed by atoms with E-state index < -0.39 is 11.8 Å². The van der Waals surface area contributed by atoms with Gasteiger partial charge in [-0.3, -0.25) is 0 Å². The fraction of sp³-hybridized carbons (Fsp3) is 0.476. The maximum absolute atomic E-state index is 13.5. The highest BCUT2D eigenvalue weighted by Gasteiger charge is 2.21. The van der Waals surface area contributed by atoms with Crippen molar-refractivity contribution >= 4 is 17.6 Å². The molecule has 9 heteroatoms. The molecule has 0 N–H and O–H groups in total. The molecule has 30 heavy (non-hydrogen) atoms. The molecule has 1 heterocycles. The zero-order chi connectivity index (χ0) is 22.3. The SMILES string of the molecule is CC(COC(=O)c1cnc(OCCCN(C)C)nc1-c1ccc(F)cc1Cl)N(C)C. The van der Waals surface area contributed by atoms with Crippen LogP contribution < -0.4 is 4.74 Å². The lowest BCUT2D eigenvalue weighted by Gasteiger charge is -2.19. The van der Waals surface area contributed by atoms with Gasteiger partial charge in [0.25, 0.3) is 0 Å². The van der Waals surface area contributed by atoms with Gasteiger partial charge in [0.1, 0.15) is 18.0 Å². The topological polar surface area (TPSA) is 67.8 Å². The molecule has 0 spiro atoms. The Morgan fingerprint density at radius 2 is 2.00 bits per heavy atom. The van der Waals surface area contributed by atoms with Gasteiger partial charge in [-0.15, -0.1) is 0 Å². The number of hydrogen-bond acceptors (Lipinski definition) is 7. The maximum atomic E-state index is 13.5. The number of hydrogen-bond donors (Lipinski definition) is 0. The van der Waals surface area contributed by atoms with Crippen LogP contribution in [0.1, 0.15) is 23.7 Å². The van der Waals surface area contributed by atoms with Gasteiger partial charge < -0.3 is 19.3 Å². The lowest BCUT2D eigenvalue weighted by Crippen LogP contribution is -2.30. The number of nitrogens with zero attached hydrogens (tertiary/aromatic N) is 4. The number of aromatic nitrogens is 2. The summed E-state index contributed by atoms with van der Waals surface area (Å²) in [4.78, 5) is 25.2. The van der Waals surface area contributed by atoms with Crippen LogP contribution in [-0.2, 0) is 4.74 Å². The van der Waals surface area contributed by atoms with E-state index in [1.54, 1.807) is 0 Å². The predicted octanol–water partition coefficient (Wildman–Crippen LogP) is 3.37. The predicted molar refractivity (Wildman–Crippen MR) is 115 cm³/mol. The molecule has 164 valence electrons. The first kappa shape index (κ1) is 24.0. The van der Waals surface area contributed by atoms with Crippen molar-refractivity contribution < 1.29 is 18.7 Å². The van der Waals surface area contributed by atoms with Gasteiger partial charge in [0.2, 0.25) is 0 Å². The number of rotatable bonds is 10. The van der Waals surface area contributed by atoms with E-state index in [0.29, 0.717) is 12.2 Å². The van der Waals surface area contributed by atoms with E-state index in [1.165, 1.54) is 24.4 Å². The Morgan fingerprint density at radius 1 is 1.27 bits per heavy atom. The minimum Gasteiger partial charge on any atom is -0.463 e. The molecule has 0 radical (unpaired) electrons. The zero-order valence-corrected chi connectivity index (χ0v) is 18.7. The quantitative estimate of drug-likeness (QED) is 0.416. The summed E-state index contributed by atoms with van der Waals surface area (Å²) in [6.45, 7) is 3.40. The molecular weight excluding hydrogens is 411 g/mol. The first-order valence-electron chi connectivity index (χ1n) is 9.62. The number of halogens is 2. The van der Waals surface area contributed by atoms with Gasteiger partial charge >= 0.3 is 12.0 Å². The van der Waals surface area contributed by atoms with E-state index in [4.69, 9.17) is 21.1 Å². The van der Waals surface area contributed by atoms with E-state index in [9.17, 15) is 9.18 Å². The number of esters is 1. The van der Waals surface area contributed by atoms with Crippen molar-refractivity contribution in [2.45, 2.75) is 19.4 Å². The molecule has 1 unspecified atom stereocenters. The fourth-order valence-electron chi connectivity index (χ4n) is 2.44. The summed E-state index contributed by atoms with van der Waals surface area (Å²) in [7, 11) is 7.74. The van der Waals surface area contributed by atoms with Crippen LogP contribution in [0.3, 0.4) is 0 Å². The highest BCUT2D eigenvalue weighted by Crippen LogP contribution is 2.31. The summed E-state index contributed by atoms with van der Waals surface area (Å²) in [5.74, 6) is -1.07. The molecule has 0 saturated heterocycles. The van der Waals surface area contributed by atoms with E-state index in [-0.39, 0.29) is 34.9 Å². The van der Waals surface area contributed by atoms with Gasteiger partial charge in [-0.2, -0.15) is 4.98 Å². The first-order valence-corrected chi connectivity index (χ1v) is 10.0. The second-order valence-corrected chi connectivity index (χ2v) is 7.86. The van der Waals surface area contributed by atoms with Gasteiger partial charge in [-0.1, -0.05) is 11.6 Å². The molecule has 0 aliphatic heterocycles. The van der Waals surface area contributed by atoms with Crippen LogP contribution in [0.4, 0.5) is 4.39 Å². The monoisotopic (exact) mass is 438 g/mol. The van der Waals surface area contributed by atoms with E-state index in [2.05, 4.69) is 9.97 Å². The van der Waals surface area contributed by atoms with Gasteiger partial charge in [-0.25, -0.2) is 14.2 Å². The molecule has 0 saturated carbocycles. The summed E-state index contributed by atoms with van der Waals surface area (Å²) in [5.41, 5.74) is 0.765. The van der Waals surface area contributed by atoms with Gasteiger partial charge in [0.15, 0.2) is 0 Å². The normalized spacial score (nSPS) is 12.3. The van der Waals surface area contributed by atoms with Crippen LogP contribution in [0.25, 0.3) is 11.3 Å². The lowest BCUT2D eigenvalue weighted by molar-refractivity contribution is 0.0416. The summed E-state index contributed by atoms with van der Waals surface area (Å²) < 4.78 is 24.6. The molecule has 2 aromatic rings. The van der Waals surface area contributed by atoms with Crippen LogP contribution in [0, 0.1) is 5.82 Å². The standard InChI is InChI=1S/C21H28ClFN4O3/c1-14(27(4)5)13-30-20(28)17-12-24-21(29-10-6-9-26(2)3)25-19(17)16-8-7-15(23)11-18(16)22/h7-8,11-12,14H,6,9-10,13H2,1-5H3. The van der Waals surface area contributed by atoms with Crippen molar-refractivity contribution in [3.8, 4) is 17.3 Å². The Balaban J connectivity index is 2.30. The van der Waals surface area contributed by atoms with Gasteiger partial charge in [-0.05, 0) is 59.7 Å². The van der Waals surface area contributed by atoms with E-state index in [0.717, 1.165) is 13.0 Å². The third kappa shape index (κ3) is 6.90. The highest BCUT2D eigenvalue weighted by molar-refractivity contribution is 6.33. The molecule has 0 aliphatic carbocycles. The van der Waals surface area contributed by atoms with Crippen molar-refractivity contribution in [1.29, 1.82) is 0 Å². The molecule has 2 rings (SSSR count). The van der Waals surface area contributed by atoms with Crippen LogP contribution in [0.5, 0.6) is 6.01 Å². The highest BCUT2D eigenvalue weighted by atomic mass is 35.5. The summed E-state index contributed by atoms with van der Waals surface area (Å²) in [6, 6.07) is 4.04. The van der Waals surface area contributed by atoms with Crippen LogP contribution in [-0.4, -0.2) is 79.7 Å². The Labute approximate surface area is 181 Å². The third-order valence-electron chi connectivity index (χ3n) is 4.49. The van der Waals surface area contributed by atoms with Gasteiger partial charge in [0, 0.05) is 24.3 Å². The smallest absolute Gasteiger partial charge is 0.342 e. The average Bonchev–Trinajstić information content (AvgIpc) is 2.68. The summed E-state index contributed by atoms with van der Waals surface area (Å²) >= 11 is 6.22. The molecule has 0 amide bonds. The zero-order valence-electron chi connectivity index (χ0n) is 18.0. The van der Waals surface area contributed by atoms with Crippen molar-refractivity contribution in [2.24, 2.45) is 0 Å². The molecule has 1 atom stereocenters. The number of carbonyl (C=O) groups is 1. The van der Waals surface area contributed by atoms with Crippen molar-refractivity contribution in [2.75, 3.05) is 47.9 Å². The second-order valence-electron chi connectivity index (χ2n) is 7.46. The van der Waals surface area contributed by atoms with E-state index in [1.807, 2.05) is 44.9 Å².